The maximum absolute atomic E-state index is 12.6. The van der Waals surface area contributed by atoms with Crippen LogP contribution in [0.25, 0.3) is 0 Å². The predicted octanol–water partition coefficient (Wildman–Crippen LogP) is 2.98. The van der Waals surface area contributed by atoms with E-state index in [-0.39, 0.29) is 17.7 Å². The first-order chi connectivity index (χ1) is 14.5. The number of para-hydroxylation sites is 2. The summed E-state index contributed by atoms with van der Waals surface area (Å²) in [6.45, 7) is 1.48. The highest BCUT2D eigenvalue weighted by molar-refractivity contribution is 5.94. The van der Waals surface area contributed by atoms with Gasteiger partial charge in [0.15, 0.2) is 11.5 Å². The average Bonchev–Trinajstić information content (AvgIpc) is 2.78. The van der Waals surface area contributed by atoms with Gasteiger partial charge in [-0.1, -0.05) is 18.2 Å². The third kappa shape index (κ3) is 5.23. The van der Waals surface area contributed by atoms with Gasteiger partial charge in [0.2, 0.25) is 11.8 Å². The van der Waals surface area contributed by atoms with Crippen molar-refractivity contribution in [2.45, 2.75) is 25.7 Å². The van der Waals surface area contributed by atoms with Gasteiger partial charge in [-0.15, -0.1) is 0 Å². The Morgan fingerprint density at radius 2 is 1.77 bits per heavy atom. The minimum absolute atomic E-state index is 0.0516. The molecule has 0 saturated carbocycles. The molecule has 0 aromatic heterocycles. The quantitative estimate of drug-likeness (QED) is 0.697. The molecule has 3 N–H and O–H groups in total. The second-order valence-electron chi connectivity index (χ2n) is 7.42. The molecule has 30 heavy (non-hydrogen) atoms. The summed E-state index contributed by atoms with van der Waals surface area (Å²) >= 11 is 0. The molecule has 1 aliphatic rings. The first-order valence-corrected chi connectivity index (χ1v) is 10.2. The number of rotatable bonds is 8. The van der Waals surface area contributed by atoms with E-state index in [0.717, 1.165) is 42.9 Å². The number of nitrogens with two attached hydrogens (primary N) is 1. The lowest BCUT2D eigenvalue weighted by atomic mass is 9.96. The maximum Gasteiger partial charge on any atom is 0.224 e. The fourth-order valence-electron chi connectivity index (χ4n) is 3.77. The number of methoxy groups -OCH3 is 2. The summed E-state index contributed by atoms with van der Waals surface area (Å²) in [7, 11) is 3.19. The number of nitrogens with one attached hydrogen (secondary N) is 1. The topological polar surface area (TPSA) is 93.9 Å². The molecular formula is C23H29N3O4. The van der Waals surface area contributed by atoms with E-state index in [0.29, 0.717) is 24.3 Å². The van der Waals surface area contributed by atoms with Crippen LogP contribution >= 0.6 is 0 Å². The molecule has 1 aliphatic heterocycles. The van der Waals surface area contributed by atoms with Crippen molar-refractivity contribution in [3.05, 3.63) is 48.0 Å². The Balaban J connectivity index is 1.60. The molecule has 1 heterocycles. The van der Waals surface area contributed by atoms with Crippen LogP contribution in [0.2, 0.25) is 0 Å². The number of anilines is 2. The number of piperidine rings is 1. The van der Waals surface area contributed by atoms with Crippen molar-refractivity contribution in [1.29, 1.82) is 0 Å². The number of hydrogen-bond donors (Lipinski definition) is 2. The van der Waals surface area contributed by atoms with Crippen LogP contribution in [-0.2, 0) is 16.0 Å². The molecule has 7 heteroatoms. The minimum Gasteiger partial charge on any atom is -0.493 e. The van der Waals surface area contributed by atoms with Crippen molar-refractivity contribution in [2.75, 3.05) is 37.5 Å². The molecule has 160 valence electrons. The zero-order valence-corrected chi connectivity index (χ0v) is 17.5. The fourth-order valence-corrected chi connectivity index (χ4v) is 3.77. The van der Waals surface area contributed by atoms with E-state index >= 15 is 0 Å². The normalized spacial score (nSPS) is 14.3. The number of ether oxygens (including phenoxy) is 2. The molecule has 0 radical (unpaired) electrons. The number of amides is 2. The van der Waals surface area contributed by atoms with E-state index < -0.39 is 0 Å². The van der Waals surface area contributed by atoms with Crippen LogP contribution in [-0.4, -0.2) is 39.1 Å². The van der Waals surface area contributed by atoms with E-state index in [1.54, 1.807) is 14.2 Å². The summed E-state index contributed by atoms with van der Waals surface area (Å²) in [5.74, 6) is 0.972. The summed E-state index contributed by atoms with van der Waals surface area (Å²) in [6.07, 6.45) is 2.42. The zero-order valence-electron chi connectivity index (χ0n) is 17.5. The van der Waals surface area contributed by atoms with E-state index in [1.165, 1.54) is 0 Å². The number of primary amides is 1. The smallest absolute Gasteiger partial charge is 0.224 e. The Kier molecular flexibility index (Phi) is 7.17. The van der Waals surface area contributed by atoms with Crippen molar-refractivity contribution in [1.82, 2.24) is 0 Å². The highest BCUT2D eigenvalue weighted by Crippen LogP contribution is 2.30. The molecule has 1 fully saturated rings. The standard InChI is InChI=1S/C23H29N3O4/c1-29-20-9-7-16(15-21(20)30-2)8-10-22(27)25-18-5-3-4-6-19(18)26-13-11-17(12-14-26)23(24)28/h3-7,9,15,17H,8,10-14H2,1-2H3,(H2,24,28)(H,25,27). The highest BCUT2D eigenvalue weighted by Gasteiger charge is 2.24. The van der Waals surface area contributed by atoms with Gasteiger partial charge < -0.3 is 25.4 Å². The molecule has 2 aromatic rings. The molecule has 1 saturated heterocycles. The summed E-state index contributed by atoms with van der Waals surface area (Å²) < 4.78 is 10.6. The van der Waals surface area contributed by atoms with Crippen molar-refractivity contribution >= 4 is 23.2 Å². The van der Waals surface area contributed by atoms with E-state index in [2.05, 4.69) is 10.2 Å². The molecule has 2 amide bonds. The van der Waals surface area contributed by atoms with Crippen LogP contribution in [0.3, 0.4) is 0 Å². The first-order valence-electron chi connectivity index (χ1n) is 10.2. The Hall–Kier alpha value is -3.22. The largest absolute Gasteiger partial charge is 0.493 e. The number of aryl methyl sites for hydroxylation is 1. The number of nitrogens with zero attached hydrogens (tertiary/aromatic N) is 1. The number of benzene rings is 2. The highest BCUT2D eigenvalue weighted by atomic mass is 16.5. The van der Waals surface area contributed by atoms with Crippen LogP contribution in [0.5, 0.6) is 11.5 Å². The monoisotopic (exact) mass is 411 g/mol. The average molecular weight is 412 g/mol. The van der Waals surface area contributed by atoms with Gasteiger partial charge in [0.1, 0.15) is 0 Å². The molecule has 0 unspecified atom stereocenters. The maximum atomic E-state index is 12.6. The van der Waals surface area contributed by atoms with Crippen LogP contribution in [0, 0.1) is 5.92 Å². The lowest BCUT2D eigenvalue weighted by Gasteiger charge is -2.33. The summed E-state index contributed by atoms with van der Waals surface area (Å²) in [5.41, 5.74) is 8.19. The fraction of sp³-hybridized carbons (Fsp3) is 0.391. The molecule has 0 bridgehead atoms. The lowest BCUT2D eigenvalue weighted by molar-refractivity contribution is -0.122. The third-order valence-electron chi connectivity index (χ3n) is 5.50. The van der Waals surface area contributed by atoms with E-state index in [1.807, 2.05) is 42.5 Å². The van der Waals surface area contributed by atoms with Crippen molar-refractivity contribution in [3.8, 4) is 11.5 Å². The second-order valence-corrected chi connectivity index (χ2v) is 7.42. The van der Waals surface area contributed by atoms with Crippen LogP contribution in [0.4, 0.5) is 11.4 Å². The minimum atomic E-state index is -0.230. The van der Waals surface area contributed by atoms with Gasteiger partial charge in [0.25, 0.3) is 0 Å². The van der Waals surface area contributed by atoms with Gasteiger partial charge in [-0.2, -0.15) is 0 Å². The van der Waals surface area contributed by atoms with Crippen molar-refractivity contribution < 1.29 is 19.1 Å². The lowest BCUT2D eigenvalue weighted by Crippen LogP contribution is -2.38. The van der Waals surface area contributed by atoms with Crippen LogP contribution < -0.4 is 25.4 Å². The Morgan fingerprint density at radius 3 is 2.43 bits per heavy atom. The van der Waals surface area contributed by atoms with Gasteiger partial charge >= 0.3 is 0 Å². The van der Waals surface area contributed by atoms with Gasteiger partial charge in [-0.25, -0.2) is 0 Å². The SMILES string of the molecule is COc1ccc(CCC(=O)Nc2ccccc2N2CCC(C(N)=O)CC2)cc1OC. The molecule has 2 aromatic carbocycles. The Bertz CT molecular complexity index is 892. The Labute approximate surface area is 177 Å². The van der Waals surface area contributed by atoms with Gasteiger partial charge in [-0.3, -0.25) is 9.59 Å². The zero-order chi connectivity index (χ0) is 21.5. The number of carbonyl (C=O) groups is 2. The molecular weight excluding hydrogens is 382 g/mol. The molecule has 0 atom stereocenters. The van der Waals surface area contributed by atoms with Crippen molar-refractivity contribution in [2.24, 2.45) is 11.7 Å². The van der Waals surface area contributed by atoms with Crippen molar-refractivity contribution in [3.63, 3.8) is 0 Å². The summed E-state index contributed by atoms with van der Waals surface area (Å²) in [6, 6.07) is 13.4. The molecule has 7 nitrogen and oxygen atoms in total. The van der Waals surface area contributed by atoms with E-state index in [4.69, 9.17) is 15.2 Å². The number of carbonyl (C=O) groups excluding carboxylic acids is 2. The van der Waals surface area contributed by atoms with E-state index in [9.17, 15) is 9.59 Å². The summed E-state index contributed by atoms with van der Waals surface area (Å²) in [4.78, 5) is 26.2. The third-order valence-corrected chi connectivity index (χ3v) is 5.50. The Morgan fingerprint density at radius 1 is 1.07 bits per heavy atom. The predicted molar refractivity (Wildman–Crippen MR) is 117 cm³/mol. The molecule has 0 spiro atoms. The van der Waals surface area contributed by atoms with Crippen LogP contribution in [0.15, 0.2) is 42.5 Å². The van der Waals surface area contributed by atoms with Gasteiger partial charge in [-0.05, 0) is 49.1 Å². The molecule has 3 rings (SSSR count). The second kappa shape index (κ2) is 10.0. The molecule has 0 aliphatic carbocycles. The first kappa shape index (κ1) is 21.5. The van der Waals surface area contributed by atoms with Crippen LogP contribution in [0.1, 0.15) is 24.8 Å². The van der Waals surface area contributed by atoms with Gasteiger partial charge in [0.05, 0.1) is 25.6 Å². The van der Waals surface area contributed by atoms with Gasteiger partial charge in [0, 0.05) is 25.4 Å². The summed E-state index contributed by atoms with van der Waals surface area (Å²) in [5, 5.41) is 3.04. The number of hydrogen-bond acceptors (Lipinski definition) is 5.